The zero-order valence-electron chi connectivity index (χ0n) is 21.2. The highest BCUT2D eigenvalue weighted by molar-refractivity contribution is 6.32. The van der Waals surface area contributed by atoms with Crippen LogP contribution in [0.25, 0.3) is 0 Å². The molecule has 3 heterocycles. The number of ether oxygens (including phenoxy) is 2. The van der Waals surface area contributed by atoms with E-state index in [-0.39, 0.29) is 5.78 Å². The lowest BCUT2D eigenvalue weighted by molar-refractivity contribution is -0.139. The lowest BCUT2D eigenvalue weighted by Crippen LogP contribution is -2.31. The van der Waals surface area contributed by atoms with Crippen molar-refractivity contribution < 1.29 is 24.2 Å². The van der Waals surface area contributed by atoms with Crippen LogP contribution in [-0.2, 0) is 11.2 Å². The monoisotopic (exact) mass is 534 g/mol. The van der Waals surface area contributed by atoms with Crippen LogP contribution in [0.3, 0.4) is 0 Å². The molecule has 0 aliphatic carbocycles. The van der Waals surface area contributed by atoms with Gasteiger partial charge in [0.25, 0.3) is 0 Å². The van der Waals surface area contributed by atoms with E-state index in [2.05, 4.69) is 16.0 Å². The first kappa shape index (κ1) is 26.0. The second kappa shape index (κ2) is 11.9. The number of aryl methyl sites for hydroxylation is 1. The van der Waals surface area contributed by atoms with Crippen LogP contribution in [0.2, 0.25) is 5.02 Å². The van der Waals surface area contributed by atoms with E-state index in [0.717, 1.165) is 31.7 Å². The van der Waals surface area contributed by atoms with Crippen molar-refractivity contribution in [1.29, 1.82) is 0 Å². The molecule has 0 bridgehead atoms. The Morgan fingerprint density at radius 1 is 1.11 bits per heavy atom. The minimum Gasteiger partial charge on any atom is -0.493 e. The van der Waals surface area contributed by atoms with Gasteiger partial charge in [-0.1, -0.05) is 17.7 Å². The quantitative estimate of drug-likeness (QED) is 0.306. The number of Topliss-reactive ketones (excluding diaryl/α,β-unsaturated/α-hetero) is 1. The zero-order chi connectivity index (χ0) is 26.5. The van der Waals surface area contributed by atoms with Gasteiger partial charge in [-0.25, -0.2) is 4.98 Å². The smallest absolute Gasteiger partial charge is 0.311 e. The predicted molar refractivity (Wildman–Crippen MR) is 146 cm³/mol. The van der Waals surface area contributed by atoms with Gasteiger partial charge in [-0.05, 0) is 80.5 Å². The number of carbonyl (C=O) groups excluding carboxylic acids is 1. The Labute approximate surface area is 227 Å². The summed E-state index contributed by atoms with van der Waals surface area (Å²) >= 11 is 6.40. The van der Waals surface area contributed by atoms with Gasteiger partial charge in [-0.3, -0.25) is 9.59 Å². The standard InChI is InChI=1S/C30H31ClN2O5/c31-25-18-24-23(30(35)36)13-17-37-27(24)19-28(25)38-22-11-9-20(10-12-22)26(34)8-4-6-21-7-5-14-32-29(21)33-15-2-1-3-16-33/h5,7,9-12,14,18-19,23H,1-4,6,8,13,15-17H2,(H,35,36). The van der Waals surface area contributed by atoms with Crippen molar-refractivity contribution >= 4 is 29.2 Å². The first-order valence-corrected chi connectivity index (χ1v) is 13.6. The average molecular weight is 535 g/mol. The second-order valence-corrected chi connectivity index (χ2v) is 10.2. The van der Waals surface area contributed by atoms with E-state index in [9.17, 15) is 14.7 Å². The number of piperidine rings is 1. The van der Waals surface area contributed by atoms with E-state index in [4.69, 9.17) is 21.1 Å². The van der Waals surface area contributed by atoms with Crippen LogP contribution in [0.15, 0.2) is 54.7 Å². The minimum absolute atomic E-state index is 0.0832. The lowest BCUT2D eigenvalue weighted by atomic mass is 9.93. The summed E-state index contributed by atoms with van der Waals surface area (Å²) < 4.78 is 11.6. The van der Waals surface area contributed by atoms with E-state index in [0.29, 0.717) is 52.8 Å². The van der Waals surface area contributed by atoms with Crippen molar-refractivity contribution in [2.24, 2.45) is 0 Å². The molecule has 8 heteroatoms. The van der Waals surface area contributed by atoms with Gasteiger partial charge in [-0.2, -0.15) is 0 Å². The van der Waals surface area contributed by atoms with Crippen LogP contribution in [-0.4, -0.2) is 41.5 Å². The Hall–Kier alpha value is -3.58. The molecular formula is C30H31ClN2O5. The number of hydrogen-bond donors (Lipinski definition) is 1. The van der Waals surface area contributed by atoms with E-state index in [1.807, 2.05) is 12.3 Å². The lowest BCUT2D eigenvalue weighted by Gasteiger charge is -2.29. The van der Waals surface area contributed by atoms with Crippen molar-refractivity contribution in [2.45, 2.75) is 50.9 Å². The van der Waals surface area contributed by atoms with Gasteiger partial charge in [0.1, 0.15) is 23.1 Å². The molecule has 1 saturated heterocycles. The van der Waals surface area contributed by atoms with Crippen LogP contribution in [0.1, 0.15) is 65.9 Å². The number of benzene rings is 2. The molecule has 2 aromatic carbocycles. The zero-order valence-corrected chi connectivity index (χ0v) is 22.0. The molecule has 198 valence electrons. The topological polar surface area (TPSA) is 89.0 Å². The predicted octanol–water partition coefficient (Wildman–Crippen LogP) is 6.67. The molecule has 3 aromatic rings. The second-order valence-electron chi connectivity index (χ2n) is 9.79. The Balaban J connectivity index is 1.18. The van der Waals surface area contributed by atoms with Gasteiger partial charge in [0.05, 0.1) is 17.5 Å². The normalized spacial score (nSPS) is 16.9. The maximum Gasteiger partial charge on any atom is 0.311 e. The number of rotatable bonds is 9. The molecule has 7 nitrogen and oxygen atoms in total. The molecule has 1 atom stereocenters. The third-order valence-corrected chi connectivity index (χ3v) is 7.47. The summed E-state index contributed by atoms with van der Waals surface area (Å²) in [6.45, 7) is 2.41. The summed E-state index contributed by atoms with van der Waals surface area (Å²) in [5.74, 6) is 0.956. The Kier molecular flexibility index (Phi) is 8.13. The maximum absolute atomic E-state index is 12.8. The highest BCUT2D eigenvalue weighted by Crippen LogP contribution is 2.41. The molecule has 1 unspecified atom stereocenters. The number of aromatic nitrogens is 1. The number of nitrogens with zero attached hydrogens (tertiary/aromatic N) is 2. The third-order valence-electron chi connectivity index (χ3n) is 7.18. The summed E-state index contributed by atoms with van der Waals surface area (Å²) in [6, 6.07) is 14.3. The van der Waals surface area contributed by atoms with E-state index in [1.54, 1.807) is 36.4 Å². The molecule has 2 aliphatic rings. The van der Waals surface area contributed by atoms with Crippen molar-refractivity contribution in [3.63, 3.8) is 0 Å². The molecular weight excluding hydrogens is 504 g/mol. The summed E-state index contributed by atoms with van der Waals surface area (Å²) in [6.07, 6.45) is 7.94. The SMILES string of the molecule is O=C(CCCc1cccnc1N1CCCCC1)c1ccc(Oc2cc3c(cc2Cl)C(C(=O)O)CCO3)cc1. The Bertz CT molecular complexity index is 1300. The number of ketones is 1. The minimum atomic E-state index is -0.901. The van der Waals surface area contributed by atoms with Gasteiger partial charge in [0.15, 0.2) is 5.78 Å². The summed E-state index contributed by atoms with van der Waals surface area (Å²) in [4.78, 5) is 31.4. The summed E-state index contributed by atoms with van der Waals surface area (Å²) in [5.41, 5.74) is 2.38. The van der Waals surface area contributed by atoms with Crippen molar-refractivity contribution in [3.8, 4) is 17.2 Å². The Morgan fingerprint density at radius 2 is 1.89 bits per heavy atom. The summed E-state index contributed by atoms with van der Waals surface area (Å²) in [5, 5.41) is 9.77. The number of aliphatic carboxylic acids is 1. The van der Waals surface area contributed by atoms with Gasteiger partial charge in [0, 0.05) is 42.9 Å². The number of carboxylic acids is 1. The van der Waals surface area contributed by atoms with Gasteiger partial charge >= 0.3 is 5.97 Å². The van der Waals surface area contributed by atoms with Gasteiger partial charge in [0.2, 0.25) is 0 Å². The van der Waals surface area contributed by atoms with Crippen LogP contribution in [0.5, 0.6) is 17.2 Å². The maximum atomic E-state index is 12.8. The molecule has 0 spiro atoms. The fraction of sp³-hybridized carbons (Fsp3) is 0.367. The summed E-state index contributed by atoms with van der Waals surface area (Å²) in [7, 11) is 0. The molecule has 0 amide bonds. The molecule has 38 heavy (non-hydrogen) atoms. The van der Waals surface area contributed by atoms with Crippen molar-refractivity contribution in [1.82, 2.24) is 4.98 Å². The third kappa shape index (κ3) is 5.94. The molecule has 5 rings (SSSR count). The number of pyridine rings is 1. The fourth-order valence-corrected chi connectivity index (χ4v) is 5.37. The molecule has 1 N–H and O–H groups in total. The highest BCUT2D eigenvalue weighted by Gasteiger charge is 2.29. The first-order chi connectivity index (χ1) is 18.5. The number of hydrogen-bond acceptors (Lipinski definition) is 6. The van der Waals surface area contributed by atoms with Crippen molar-refractivity contribution in [3.05, 3.63) is 76.4 Å². The first-order valence-electron chi connectivity index (χ1n) is 13.2. The molecule has 0 saturated carbocycles. The highest BCUT2D eigenvalue weighted by atomic mass is 35.5. The number of halogens is 1. The van der Waals surface area contributed by atoms with Crippen LogP contribution < -0.4 is 14.4 Å². The van der Waals surface area contributed by atoms with Crippen LogP contribution >= 0.6 is 11.6 Å². The number of carboxylic acid groups (broad SMARTS) is 1. The molecule has 1 fully saturated rings. The molecule has 1 aromatic heterocycles. The van der Waals surface area contributed by atoms with Crippen LogP contribution in [0.4, 0.5) is 5.82 Å². The van der Waals surface area contributed by atoms with Crippen LogP contribution in [0, 0.1) is 0 Å². The largest absolute Gasteiger partial charge is 0.493 e. The number of carbonyl (C=O) groups is 2. The number of fused-ring (bicyclic) bond motifs is 1. The number of anilines is 1. The molecule has 0 radical (unpaired) electrons. The van der Waals surface area contributed by atoms with Crippen molar-refractivity contribution in [2.75, 3.05) is 24.6 Å². The van der Waals surface area contributed by atoms with E-state index < -0.39 is 11.9 Å². The Morgan fingerprint density at radius 3 is 2.66 bits per heavy atom. The van der Waals surface area contributed by atoms with E-state index >= 15 is 0 Å². The van der Waals surface area contributed by atoms with E-state index in [1.165, 1.54) is 24.8 Å². The van der Waals surface area contributed by atoms with Gasteiger partial charge in [-0.15, -0.1) is 0 Å². The molecule has 2 aliphatic heterocycles. The fourth-order valence-electron chi connectivity index (χ4n) is 5.16. The average Bonchev–Trinajstić information content (AvgIpc) is 2.94. The van der Waals surface area contributed by atoms with Gasteiger partial charge < -0.3 is 19.5 Å².